The highest BCUT2D eigenvalue weighted by atomic mass is 16.5. The van der Waals surface area contributed by atoms with Crippen LogP contribution in [0, 0.1) is 5.92 Å². The van der Waals surface area contributed by atoms with Gasteiger partial charge in [-0.25, -0.2) is 0 Å². The number of carbonyl (C=O) groups is 1. The van der Waals surface area contributed by atoms with Gasteiger partial charge in [-0.2, -0.15) is 0 Å². The molecule has 2 aromatic rings. The lowest BCUT2D eigenvalue weighted by atomic mass is 10.0. The summed E-state index contributed by atoms with van der Waals surface area (Å²) in [5.41, 5.74) is 0.475. The number of aliphatic hydroxyl groups is 1. The van der Waals surface area contributed by atoms with E-state index >= 15 is 0 Å². The van der Waals surface area contributed by atoms with E-state index in [9.17, 15) is 4.79 Å². The standard InChI is InChI=1S/C18H21NO3/c1-13(12-20)14(2)19-18(21)16-10-6-7-11-17(16)22-15-8-4-3-5-9-15/h3-11,13-14,20H,12H2,1-2H3,(H,19,21). The number of aliphatic hydroxyl groups excluding tert-OH is 1. The van der Waals surface area contributed by atoms with E-state index in [0.717, 1.165) is 0 Å². The van der Waals surface area contributed by atoms with Crippen molar-refractivity contribution in [2.45, 2.75) is 19.9 Å². The Balaban J connectivity index is 2.16. The highest BCUT2D eigenvalue weighted by Crippen LogP contribution is 2.25. The number of benzene rings is 2. The number of rotatable bonds is 6. The zero-order valence-corrected chi connectivity index (χ0v) is 12.8. The molecule has 2 N–H and O–H groups in total. The number of para-hydroxylation sites is 2. The second kappa shape index (κ2) is 7.61. The molecule has 2 unspecified atom stereocenters. The Kier molecular flexibility index (Phi) is 5.55. The van der Waals surface area contributed by atoms with Gasteiger partial charge in [0.2, 0.25) is 0 Å². The highest BCUT2D eigenvalue weighted by Gasteiger charge is 2.18. The Morgan fingerprint density at radius 3 is 2.41 bits per heavy atom. The van der Waals surface area contributed by atoms with Gasteiger partial charge in [-0.3, -0.25) is 4.79 Å². The molecule has 22 heavy (non-hydrogen) atoms. The van der Waals surface area contributed by atoms with Crippen molar-refractivity contribution in [3.63, 3.8) is 0 Å². The monoisotopic (exact) mass is 299 g/mol. The van der Waals surface area contributed by atoms with Gasteiger partial charge in [-0.1, -0.05) is 37.3 Å². The van der Waals surface area contributed by atoms with Gasteiger partial charge in [-0.15, -0.1) is 0 Å². The SMILES string of the molecule is CC(CO)C(C)NC(=O)c1ccccc1Oc1ccccc1. The topological polar surface area (TPSA) is 58.6 Å². The van der Waals surface area contributed by atoms with Crippen LogP contribution in [-0.4, -0.2) is 23.7 Å². The third kappa shape index (κ3) is 4.09. The predicted molar refractivity (Wildman–Crippen MR) is 86.1 cm³/mol. The van der Waals surface area contributed by atoms with Crippen LogP contribution in [0.25, 0.3) is 0 Å². The number of hydrogen-bond acceptors (Lipinski definition) is 3. The first-order valence-corrected chi connectivity index (χ1v) is 7.35. The minimum absolute atomic E-state index is 0.00819. The van der Waals surface area contributed by atoms with Crippen LogP contribution in [-0.2, 0) is 0 Å². The lowest BCUT2D eigenvalue weighted by Crippen LogP contribution is -2.38. The van der Waals surface area contributed by atoms with Gasteiger partial charge < -0.3 is 15.2 Å². The van der Waals surface area contributed by atoms with Gasteiger partial charge in [0.15, 0.2) is 0 Å². The molecule has 0 aromatic heterocycles. The zero-order chi connectivity index (χ0) is 15.9. The molecular weight excluding hydrogens is 278 g/mol. The van der Waals surface area contributed by atoms with E-state index in [4.69, 9.17) is 9.84 Å². The summed E-state index contributed by atoms with van der Waals surface area (Å²) in [7, 11) is 0. The lowest BCUT2D eigenvalue weighted by molar-refractivity contribution is 0.0914. The summed E-state index contributed by atoms with van der Waals surface area (Å²) in [5.74, 6) is 0.972. The average Bonchev–Trinajstić information content (AvgIpc) is 2.55. The molecule has 0 spiro atoms. The molecule has 4 nitrogen and oxygen atoms in total. The maximum Gasteiger partial charge on any atom is 0.255 e. The number of hydrogen-bond donors (Lipinski definition) is 2. The highest BCUT2D eigenvalue weighted by molar-refractivity contribution is 5.97. The second-order valence-electron chi connectivity index (χ2n) is 5.33. The summed E-state index contributed by atoms with van der Waals surface area (Å²) in [5, 5.41) is 12.1. The van der Waals surface area contributed by atoms with E-state index in [2.05, 4.69) is 5.32 Å². The van der Waals surface area contributed by atoms with Crippen LogP contribution in [0.4, 0.5) is 0 Å². The summed E-state index contributed by atoms with van der Waals surface area (Å²) in [6, 6.07) is 16.3. The van der Waals surface area contributed by atoms with Crippen molar-refractivity contribution >= 4 is 5.91 Å². The number of carbonyl (C=O) groups excluding carboxylic acids is 1. The first-order chi connectivity index (χ1) is 10.6. The molecule has 1 amide bonds. The fourth-order valence-electron chi connectivity index (χ4n) is 1.94. The van der Waals surface area contributed by atoms with Gasteiger partial charge in [0.1, 0.15) is 11.5 Å². The van der Waals surface area contributed by atoms with Crippen LogP contribution in [0.2, 0.25) is 0 Å². The van der Waals surface area contributed by atoms with E-state index in [1.807, 2.05) is 50.2 Å². The molecule has 0 saturated carbocycles. The van der Waals surface area contributed by atoms with Crippen molar-refractivity contribution in [3.8, 4) is 11.5 Å². The maximum atomic E-state index is 12.4. The summed E-state index contributed by atoms with van der Waals surface area (Å²) >= 11 is 0. The van der Waals surface area contributed by atoms with Gasteiger partial charge in [0.05, 0.1) is 5.56 Å². The van der Waals surface area contributed by atoms with Crippen molar-refractivity contribution in [2.75, 3.05) is 6.61 Å². The van der Waals surface area contributed by atoms with Gasteiger partial charge in [0.25, 0.3) is 5.91 Å². The molecule has 0 saturated heterocycles. The molecule has 2 atom stereocenters. The van der Waals surface area contributed by atoms with Gasteiger partial charge >= 0.3 is 0 Å². The Labute approximate surface area is 130 Å². The third-order valence-corrected chi connectivity index (χ3v) is 3.60. The predicted octanol–water partition coefficient (Wildman–Crippen LogP) is 3.23. The summed E-state index contributed by atoms with van der Waals surface area (Å²) < 4.78 is 5.79. The maximum absolute atomic E-state index is 12.4. The van der Waals surface area contributed by atoms with Crippen LogP contribution < -0.4 is 10.1 Å². The molecule has 2 aromatic carbocycles. The third-order valence-electron chi connectivity index (χ3n) is 3.60. The molecule has 0 aliphatic carbocycles. The van der Waals surface area contributed by atoms with Crippen LogP contribution >= 0.6 is 0 Å². The normalized spacial score (nSPS) is 13.2. The molecule has 4 heteroatoms. The van der Waals surface area contributed by atoms with Crippen molar-refractivity contribution in [2.24, 2.45) is 5.92 Å². The van der Waals surface area contributed by atoms with Crippen LogP contribution in [0.15, 0.2) is 54.6 Å². The smallest absolute Gasteiger partial charge is 0.255 e. The Bertz CT molecular complexity index is 613. The van der Waals surface area contributed by atoms with Crippen LogP contribution in [0.1, 0.15) is 24.2 Å². The first kappa shape index (κ1) is 16.0. The molecule has 2 rings (SSSR count). The minimum Gasteiger partial charge on any atom is -0.457 e. The molecule has 0 fully saturated rings. The zero-order valence-electron chi connectivity index (χ0n) is 12.8. The lowest BCUT2D eigenvalue weighted by Gasteiger charge is -2.20. The molecule has 0 bridgehead atoms. The Morgan fingerprint density at radius 2 is 1.73 bits per heavy atom. The average molecular weight is 299 g/mol. The molecular formula is C18H21NO3. The number of amides is 1. The Morgan fingerprint density at radius 1 is 1.09 bits per heavy atom. The number of nitrogens with one attached hydrogen (secondary N) is 1. The van der Waals surface area contributed by atoms with Crippen molar-refractivity contribution in [3.05, 3.63) is 60.2 Å². The van der Waals surface area contributed by atoms with E-state index in [1.54, 1.807) is 18.2 Å². The Hall–Kier alpha value is -2.33. The minimum atomic E-state index is -0.209. The molecule has 0 aliphatic heterocycles. The van der Waals surface area contributed by atoms with Crippen molar-refractivity contribution in [1.29, 1.82) is 0 Å². The quantitative estimate of drug-likeness (QED) is 0.861. The fourth-order valence-corrected chi connectivity index (χ4v) is 1.94. The van der Waals surface area contributed by atoms with Crippen molar-refractivity contribution < 1.29 is 14.6 Å². The van der Waals surface area contributed by atoms with Crippen LogP contribution in [0.3, 0.4) is 0 Å². The second-order valence-corrected chi connectivity index (χ2v) is 5.33. The first-order valence-electron chi connectivity index (χ1n) is 7.35. The molecule has 116 valence electrons. The molecule has 0 aliphatic rings. The van der Waals surface area contributed by atoms with E-state index in [-0.39, 0.29) is 24.5 Å². The fraction of sp³-hybridized carbons (Fsp3) is 0.278. The van der Waals surface area contributed by atoms with E-state index in [1.165, 1.54) is 0 Å². The summed E-state index contributed by atoms with van der Waals surface area (Å²) in [4.78, 5) is 12.4. The van der Waals surface area contributed by atoms with Gasteiger partial charge in [-0.05, 0) is 37.1 Å². The van der Waals surface area contributed by atoms with E-state index in [0.29, 0.717) is 17.1 Å². The van der Waals surface area contributed by atoms with E-state index < -0.39 is 0 Å². The number of ether oxygens (including phenoxy) is 1. The summed E-state index contributed by atoms with van der Waals surface area (Å²) in [6.07, 6.45) is 0. The van der Waals surface area contributed by atoms with Crippen LogP contribution in [0.5, 0.6) is 11.5 Å². The van der Waals surface area contributed by atoms with Gasteiger partial charge in [0, 0.05) is 12.6 Å². The molecule has 0 radical (unpaired) electrons. The van der Waals surface area contributed by atoms with Crippen molar-refractivity contribution in [1.82, 2.24) is 5.32 Å². The molecule has 0 heterocycles. The largest absolute Gasteiger partial charge is 0.457 e. The summed E-state index contributed by atoms with van der Waals surface area (Å²) in [6.45, 7) is 3.79.